The molecule has 1 aliphatic heterocycles. The molecule has 0 amide bonds. The van der Waals surface area contributed by atoms with Gasteiger partial charge in [0.1, 0.15) is 12.7 Å². The van der Waals surface area contributed by atoms with Crippen LogP contribution in [0.4, 0.5) is 0 Å². The molecule has 1 N–H and O–H groups in total. The van der Waals surface area contributed by atoms with E-state index < -0.39 is 78.6 Å². The molecule has 0 aromatic rings. The van der Waals surface area contributed by atoms with Gasteiger partial charge in [-0.05, 0) is 85.9 Å². The van der Waals surface area contributed by atoms with Crippen LogP contribution in [0.15, 0.2) is 0 Å². The lowest BCUT2D eigenvalue weighted by Crippen LogP contribution is -2.64. The molecule has 14 atom stereocenters. The average molecular weight is 709 g/mol. The molecule has 50 heavy (non-hydrogen) atoms. The second-order valence-electron chi connectivity index (χ2n) is 15.4. The number of ketones is 1. The fraction of sp³-hybridized carbons (Fsp3) is 0.833. The molecule has 0 spiro atoms. The number of methoxy groups -OCH3 is 1. The summed E-state index contributed by atoms with van der Waals surface area (Å²) in [7, 11) is 1.09. The number of rotatable bonds is 9. The molecular formula is C36H52O14. The van der Waals surface area contributed by atoms with Crippen molar-refractivity contribution in [1.29, 1.82) is 0 Å². The minimum Gasteiger partial charge on any atom is -0.467 e. The molecule has 4 saturated carbocycles. The maximum Gasteiger partial charge on any atom is 0.339 e. The van der Waals surface area contributed by atoms with Gasteiger partial charge in [-0.15, -0.1) is 0 Å². The summed E-state index contributed by atoms with van der Waals surface area (Å²) in [5.41, 5.74) is -0.578. The molecule has 5 fully saturated rings. The minimum absolute atomic E-state index is 0.0847. The molecule has 5 aliphatic rings. The van der Waals surface area contributed by atoms with E-state index in [-0.39, 0.29) is 41.0 Å². The molecule has 280 valence electrons. The quantitative estimate of drug-likeness (QED) is 0.272. The molecule has 0 radical (unpaired) electrons. The van der Waals surface area contributed by atoms with Crippen LogP contribution in [0.25, 0.3) is 0 Å². The molecule has 1 heterocycles. The highest BCUT2D eigenvalue weighted by Crippen LogP contribution is 2.67. The maximum absolute atomic E-state index is 14.0. The van der Waals surface area contributed by atoms with Crippen LogP contribution in [-0.4, -0.2) is 97.4 Å². The lowest BCUT2D eigenvalue weighted by atomic mass is 9.44. The third kappa shape index (κ3) is 7.30. The Morgan fingerprint density at radius 1 is 0.760 bits per heavy atom. The highest BCUT2D eigenvalue weighted by molar-refractivity contribution is 5.83. The molecule has 0 aromatic carbocycles. The lowest BCUT2D eigenvalue weighted by Gasteiger charge is -2.62. The van der Waals surface area contributed by atoms with E-state index >= 15 is 0 Å². The van der Waals surface area contributed by atoms with Crippen molar-refractivity contribution < 1.29 is 67.0 Å². The number of hydrogen-bond acceptors (Lipinski definition) is 14. The van der Waals surface area contributed by atoms with Gasteiger partial charge in [-0.2, -0.15) is 0 Å². The summed E-state index contributed by atoms with van der Waals surface area (Å²) in [6.07, 6.45) is -2.16. The van der Waals surface area contributed by atoms with Crippen molar-refractivity contribution in [3.05, 3.63) is 0 Å². The topological polar surface area (TPSA) is 187 Å². The number of aliphatic hydroxyl groups excluding tert-OH is 1. The van der Waals surface area contributed by atoms with Crippen molar-refractivity contribution in [2.45, 2.75) is 136 Å². The SMILES string of the molecule is COC(=O)C1OC(OCC(=O)C2CCC3C4CCC5CC(OC(C)=O)CCC5(C)C4C(O)CC23C)C(OC(C)=O)C(OC(C)=O)C1OC(C)=O. The summed E-state index contributed by atoms with van der Waals surface area (Å²) in [6.45, 7) is 8.64. The van der Waals surface area contributed by atoms with E-state index in [4.69, 9.17) is 33.2 Å². The Morgan fingerprint density at radius 2 is 1.38 bits per heavy atom. The van der Waals surface area contributed by atoms with E-state index in [1.165, 1.54) is 6.92 Å². The van der Waals surface area contributed by atoms with Crippen LogP contribution in [0.3, 0.4) is 0 Å². The Morgan fingerprint density at radius 3 is 2.00 bits per heavy atom. The first-order valence-electron chi connectivity index (χ1n) is 17.7. The largest absolute Gasteiger partial charge is 0.467 e. The molecule has 14 nitrogen and oxygen atoms in total. The van der Waals surface area contributed by atoms with E-state index in [9.17, 15) is 33.9 Å². The smallest absolute Gasteiger partial charge is 0.339 e. The Labute approximate surface area is 292 Å². The Balaban J connectivity index is 1.32. The van der Waals surface area contributed by atoms with Crippen LogP contribution in [-0.2, 0) is 61.9 Å². The second kappa shape index (κ2) is 14.9. The normalized spacial score (nSPS) is 42.1. The predicted octanol–water partition coefficient (Wildman–Crippen LogP) is 2.83. The maximum atomic E-state index is 14.0. The van der Waals surface area contributed by atoms with Crippen molar-refractivity contribution in [2.75, 3.05) is 13.7 Å². The van der Waals surface area contributed by atoms with Crippen LogP contribution in [0, 0.1) is 40.4 Å². The highest BCUT2D eigenvalue weighted by Gasteiger charge is 2.64. The third-order valence-corrected chi connectivity index (χ3v) is 12.5. The summed E-state index contributed by atoms with van der Waals surface area (Å²) in [6, 6.07) is 0. The van der Waals surface area contributed by atoms with E-state index in [1.54, 1.807) is 0 Å². The Hall–Kier alpha value is -3.10. The van der Waals surface area contributed by atoms with E-state index in [1.807, 2.05) is 0 Å². The second-order valence-corrected chi connectivity index (χ2v) is 15.4. The lowest BCUT2D eigenvalue weighted by molar-refractivity contribution is -0.300. The first-order chi connectivity index (χ1) is 23.5. The van der Waals surface area contributed by atoms with Gasteiger partial charge in [-0.1, -0.05) is 13.8 Å². The van der Waals surface area contributed by atoms with Gasteiger partial charge >= 0.3 is 29.8 Å². The summed E-state index contributed by atoms with van der Waals surface area (Å²) < 4.78 is 38.3. The number of aliphatic hydroxyl groups is 1. The molecule has 5 rings (SSSR count). The zero-order chi connectivity index (χ0) is 36.7. The molecule has 14 heteroatoms. The van der Waals surface area contributed by atoms with Crippen LogP contribution in [0.1, 0.15) is 92.9 Å². The van der Waals surface area contributed by atoms with Crippen molar-refractivity contribution in [1.82, 2.24) is 0 Å². The number of Topliss-reactive ketones (excluding diaryl/α,β-unsaturated/α-hetero) is 1. The zero-order valence-electron chi connectivity index (χ0n) is 30.0. The molecule has 1 saturated heterocycles. The third-order valence-electron chi connectivity index (χ3n) is 12.5. The summed E-state index contributed by atoms with van der Waals surface area (Å²) in [4.78, 5) is 74.7. The zero-order valence-corrected chi connectivity index (χ0v) is 30.0. The summed E-state index contributed by atoms with van der Waals surface area (Å²) >= 11 is 0. The van der Waals surface area contributed by atoms with Crippen LogP contribution in [0.2, 0.25) is 0 Å². The monoisotopic (exact) mass is 708 g/mol. The number of hydrogen-bond donors (Lipinski definition) is 1. The van der Waals surface area contributed by atoms with Gasteiger partial charge in [0.2, 0.25) is 0 Å². The van der Waals surface area contributed by atoms with Gasteiger partial charge in [-0.3, -0.25) is 24.0 Å². The molecule has 0 aromatic heterocycles. The first-order valence-corrected chi connectivity index (χ1v) is 17.7. The fourth-order valence-electron chi connectivity index (χ4n) is 10.7. The van der Waals surface area contributed by atoms with Gasteiger partial charge in [0, 0.05) is 33.6 Å². The van der Waals surface area contributed by atoms with E-state index in [0.717, 1.165) is 66.4 Å². The standard InChI is InChI=1S/C36H52O14/c1-17(37)46-22-12-13-35(5)21(14-22)8-9-23-24-10-11-25(36(24,6)15-26(41)28(23)35)27(42)16-45-34-32(49-20(4)40)30(48-19(3)39)29(47-18(2)38)31(50-34)33(43)44-7/h21-26,28-32,34,41H,8-16H2,1-7H3. The van der Waals surface area contributed by atoms with Crippen molar-refractivity contribution >= 4 is 35.6 Å². The highest BCUT2D eigenvalue weighted by atomic mass is 16.7. The first kappa shape index (κ1) is 38.1. The Bertz CT molecular complexity index is 1350. The average Bonchev–Trinajstić information content (AvgIpc) is 3.37. The van der Waals surface area contributed by atoms with Crippen LogP contribution < -0.4 is 0 Å². The molecule has 0 bridgehead atoms. The summed E-state index contributed by atoms with van der Waals surface area (Å²) in [5, 5.41) is 11.9. The number of esters is 5. The number of fused-ring (bicyclic) bond motifs is 5. The van der Waals surface area contributed by atoms with Crippen molar-refractivity contribution in [3.8, 4) is 0 Å². The minimum atomic E-state index is -1.63. The fourth-order valence-corrected chi connectivity index (χ4v) is 10.7. The predicted molar refractivity (Wildman–Crippen MR) is 170 cm³/mol. The van der Waals surface area contributed by atoms with Crippen molar-refractivity contribution in [2.24, 2.45) is 40.4 Å². The number of carbonyl (C=O) groups excluding carboxylic acids is 6. The number of carbonyl (C=O) groups is 6. The van der Waals surface area contributed by atoms with Gasteiger partial charge in [-0.25, -0.2) is 4.79 Å². The van der Waals surface area contributed by atoms with Gasteiger partial charge in [0.15, 0.2) is 36.5 Å². The van der Waals surface area contributed by atoms with Crippen molar-refractivity contribution in [3.63, 3.8) is 0 Å². The Kier molecular flexibility index (Phi) is 11.3. The van der Waals surface area contributed by atoms with Gasteiger partial charge < -0.3 is 38.3 Å². The van der Waals surface area contributed by atoms with Gasteiger partial charge in [0.05, 0.1) is 13.2 Å². The molecule has 4 aliphatic carbocycles. The van der Waals surface area contributed by atoms with E-state index in [2.05, 4.69) is 13.8 Å². The molecular weight excluding hydrogens is 656 g/mol. The van der Waals surface area contributed by atoms with Crippen LogP contribution in [0.5, 0.6) is 0 Å². The number of ether oxygens (including phenoxy) is 7. The van der Waals surface area contributed by atoms with Crippen LogP contribution >= 0.6 is 0 Å². The molecule has 14 unspecified atom stereocenters. The van der Waals surface area contributed by atoms with Gasteiger partial charge in [0.25, 0.3) is 0 Å². The van der Waals surface area contributed by atoms with E-state index in [0.29, 0.717) is 18.8 Å². The summed E-state index contributed by atoms with van der Waals surface area (Å²) in [5.74, 6) is -3.43.